The minimum atomic E-state index is -0.573. The largest absolute Gasteiger partial charge is 0.455 e. The molecule has 0 saturated carbocycles. The first-order valence-electron chi connectivity index (χ1n) is 6.11. The number of nitrogens with zero attached hydrogens (tertiary/aromatic N) is 1. The lowest BCUT2D eigenvalue weighted by Gasteiger charge is -2.03. The van der Waals surface area contributed by atoms with E-state index in [2.05, 4.69) is 5.16 Å². The van der Waals surface area contributed by atoms with Gasteiger partial charge in [-0.2, -0.15) is 0 Å². The minimum absolute atomic E-state index is 0.0793. The second kappa shape index (κ2) is 6.01. The summed E-state index contributed by atoms with van der Waals surface area (Å²) in [6.45, 7) is 1.99. The van der Waals surface area contributed by atoms with Crippen LogP contribution in [0.5, 0.6) is 0 Å². The highest BCUT2D eigenvalue weighted by atomic mass is 16.6. The van der Waals surface area contributed by atoms with Gasteiger partial charge in [0.25, 0.3) is 0 Å². The zero-order valence-corrected chi connectivity index (χ0v) is 11.0. The van der Waals surface area contributed by atoms with Crippen LogP contribution < -0.4 is 5.73 Å². The SMILES string of the molecule is CCc1cc(C(=O)OCc2ccc(C(N)=O)cc2)on1. The summed E-state index contributed by atoms with van der Waals surface area (Å²) in [5, 5.41) is 3.71. The lowest BCUT2D eigenvalue weighted by atomic mass is 10.1. The van der Waals surface area contributed by atoms with E-state index >= 15 is 0 Å². The molecule has 0 unspecified atom stereocenters. The molecule has 0 saturated heterocycles. The first kappa shape index (κ1) is 13.8. The van der Waals surface area contributed by atoms with Crippen molar-refractivity contribution < 1.29 is 18.8 Å². The Kier molecular flexibility index (Phi) is 4.14. The third-order valence-electron chi connectivity index (χ3n) is 2.73. The Morgan fingerprint density at radius 2 is 2.00 bits per heavy atom. The van der Waals surface area contributed by atoms with Crippen molar-refractivity contribution in [2.24, 2.45) is 5.73 Å². The number of benzene rings is 1. The Bertz CT molecular complexity index is 616. The fourth-order valence-electron chi connectivity index (χ4n) is 1.56. The summed E-state index contributed by atoms with van der Waals surface area (Å²) in [4.78, 5) is 22.6. The molecule has 0 aliphatic rings. The van der Waals surface area contributed by atoms with Crippen molar-refractivity contribution in [3.63, 3.8) is 0 Å². The summed E-state index contributed by atoms with van der Waals surface area (Å²) in [5.41, 5.74) is 6.99. The van der Waals surface area contributed by atoms with Crippen LogP contribution in [0.3, 0.4) is 0 Å². The molecule has 2 aromatic rings. The lowest BCUT2D eigenvalue weighted by Crippen LogP contribution is -2.10. The van der Waals surface area contributed by atoms with Gasteiger partial charge in [0.1, 0.15) is 6.61 Å². The van der Waals surface area contributed by atoms with Crippen molar-refractivity contribution in [1.82, 2.24) is 5.16 Å². The zero-order valence-electron chi connectivity index (χ0n) is 11.0. The summed E-state index contributed by atoms with van der Waals surface area (Å²) in [5.74, 6) is -0.992. The van der Waals surface area contributed by atoms with Crippen LogP contribution in [0.2, 0.25) is 0 Å². The number of aryl methyl sites for hydroxylation is 1. The van der Waals surface area contributed by atoms with Gasteiger partial charge in [0.15, 0.2) is 0 Å². The smallest absolute Gasteiger partial charge is 0.377 e. The van der Waals surface area contributed by atoms with E-state index in [-0.39, 0.29) is 12.4 Å². The van der Waals surface area contributed by atoms with Crippen LogP contribution >= 0.6 is 0 Å². The van der Waals surface area contributed by atoms with Gasteiger partial charge in [0, 0.05) is 11.6 Å². The average molecular weight is 274 g/mol. The van der Waals surface area contributed by atoms with Gasteiger partial charge in [0.2, 0.25) is 11.7 Å². The summed E-state index contributed by atoms with van der Waals surface area (Å²) in [7, 11) is 0. The van der Waals surface area contributed by atoms with Gasteiger partial charge in [-0.25, -0.2) is 4.79 Å². The first-order chi connectivity index (χ1) is 9.60. The third-order valence-corrected chi connectivity index (χ3v) is 2.73. The monoisotopic (exact) mass is 274 g/mol. The summed E-state index contributed by atoms with van der Waals surface area (Å²) in [6, 6.07) is 8.05. The molecule has 20 heavy (non-hydrogen) atoms. The normalized spacial score (nSPS) is 10.2. The molecule has 1 heterocycles. The van der Waals surface area contributed by atoms with Crippen LogP contribution in [-0.2, 0) is 17.8 Å². The number of hydrogen-bond acceptors (Lipinski definition) is 5. The molecule has 6 nitrogen and oxygen atoms in total. The number of amides is 1. The number of nitrogens with two attached hydrogens (primary N) is 1. The lowest BCUT2D eigenvalue weighted by molar-refractivity contribution is 0.0425. The molecule has 2 N–H and O–H groups in total. The molecule has 6 heteroatoms. The van der Waals surface area contributed by atoms with Crippen LogP contribution in [0.1, 0.15) is 39.1 Å². The van der Waals surface area contributed by atoms with Gasteiger partial charge in [0.05, 0.1) is 5.69 Å². The van der Waals surface area contributed by atoms with E-state index in [9.17, 15) is 9.59 Å². The maximum Gasteiger partial charge on any atom is 0.377 e. The Morgan fingerprint density at radius 1 is 1.30 bits per heavy atom. The first-order valence-corrected chi connectivity index (χ1v) is 6.11. The number of rotatable bonds is 5. The van der Waals surface area contributed by atoms with Crippen molar-refractivity contribution in [2.45, 2.75) is 20.0 Å². The molecule has 0 aliphatic carbocycles. The molecular weight excluding hydrogens is 260 g/mol. The Hall–Kier alpha value is -2.63. The molecule has 0 spiro atoms. The maximum atomic E-state index is 11.7. The predicted molar refractivity (Wildman–Crippen MR) is 70.0 cm³/mol. The van der Waals surface area contributed by atoms with Crippen molar-refractivity contribution in [3.8, 4) is 0 Å². The highest BCUT2D eigenvalue weighted by Gasteiger charge is 2.14. The number of primary amides is 1. The van der Waals surface area contributed by atoms with Crippen molar-refractivity contribution in [3.05, 3.63) is 52.9 Å². The van der Waals surface area contributed by atoms with E-state index in [1.165, 1.54) is 0 Å². The Morgan fingerprint density at radius 3 is 2.55 bits per heavy atom. The molecule has 0 aliphatic heterocycles. The molecule has 1 aromatic carbocycles. The van der Waals surface area contributed by atoms with Crippen molar-refractivity contribution >= 4 is 11.9 Å². The second-order valence-electron chi connectivity index (χ2n) is 4.17. The molecule has 1 amide bonds. The fraction of sp³-hybridized carbons (Fsp3) is 0.214. The molecule has 0 radical (unpaired) electrons. The highest BCUT2D eigenvalue weighted by molar-refractivity contribution is 5.92. The summed E-state index contributed by atoms with van der Waals surface area (Å²) < 4.78 is 9.95. The van der Waals surface area contributed by atoms with E-state index in [0.717, 1.165) is 5.56 Å². The second-order valence-corrected chi connectivity index (χ2v) is 4.17. The molecule has 2 rings (SSSR count). The summed E-state index contributed by atoms with van der Waals surface area (Å²) >= 11 is 0. The predicted octanol–water partition coefficient (Wildman–Crippen LogP) is 1.69. The molecule has 1 aromatic heterocycles. The van der Waals surface area contributed by atoms with Gasteiger partial charge in [-0.05, 0) is 24.1 Å². The van der Waals surface area contributed by atoms with E-state index in [1.807, 2.05) is 6.92 Å². The quantitative estimate of drug-likeness (QED) is 0.837. The number of hydrogen-bond donors (Lipinski definition) is 1. The van der Waals surface area contributed by atoms with Crippen LogP contribution in [0.4, 0.5) is 0 Å². The summed E-state index contributed by atoms with van der Waals surface area (Å²) in [6.07, 6.45) is 0.686. The number of esters is 1. The molecule has 0 atom stereocenters. The molecular formula is C14H14N2O4. The number of ether oxygens (including phenoxy) is 1. The van der Waals surface area contributed by atoms with Crippen molar-refractivity contribution in [2.75, 3.05) is 0 Å². The third kappa shape index (κ3) is 3.23. The van der Waals surface area contributed by atoms with E-state index in [0.29, 0.717) is 17.7 Å². The topological polar surface area (TPSA) is 95.4 Å². The van der Waals surface area contributed by atoms with E-state index in [1.54, 1.807) is 30.3 Å². The van der Waals surface area contributed by atoms with E-state index in [4.69, 9.17) is 15.0 Å². The van der Waals surface area contributed by atoms with E-state index < -0.39 is 11.9 Å². The number of aromatic nitrogens is 1. The van der Waals surface area contributed by atoms with Crippen LogP contribution in [0, 0.1) is 0 Å². The van der Waals surface area contributed by atoms with Crippen LogP contribution in [-0.4, -0.2) is 17.0 Å². The number of carbonyl (C=O) groups excluding carboxylic acids is 2. The standard InChI is InChI=1S/C14H14N2O4/c1-2-11-7-12(20-16-11)14(18)19-8-9-3-5-10(6-4-9)13(15)17/h3-7H,2,8H2,1H3,(H2,15,17). The average Bonchev–Trinajstić information content (AvgIpc) is 2.94. The minimum Gasteiger partial charge on any atom is -0.455 e. The zero-order chi connectivity index (χ0) is 14.5. The Balaban J connectivity index is 1.94. The van der Waals surface area contributed by atoms with Gasteiger partial charge in [-0.3, -0.25) is 4.79 Å². The molecule has 0 fully saturated rings. The fourth-order valence-corrected chi connectivity index (χ4v) is 1.56. The number of carbonyl (C=O) groups is 2. The van der Waals surface area contributed by atoms with Gasteiger partial charge >= 0.3 is 5.97 Å². The van der Waals surface area contributed by atoms with Gasteiger partial charge in [-0.15, -0.1) is 0 Å². The van der Waals surface area contributed by atoms with Gasteiger partial charge in [-0.1, -0.05) is 24.2 Å². The van der Waals surface area contributed by atoms with Crippen LogP contribution in [0.25, 0.3) is 0 Å². The molecule has 0 bridgehead atoms. The maximum absolute atomic E-state index is 11.7. The van der Waals surface area contributed by atoms with Crippen molar-refractivity contribution in [1.29, 1.82) is 0 Å². The van der Waals surface area contributed by atoms with Crippen LogP contribution in [0.15, 0.2) is 34.9 Å². The Labute approximate surface area is 115 Å². The molecule has 104 valence electrons. The highest BCUT2D eigenvalue weighted by Crippen LogP contribution is 2.09. The van der Waals surface area contributed by atoms with Gasteiger partial charge < -0.3 is 15.0 Å².